The zero-order valence-corrected chi connectivity index (χ0v) is 8.45. The summed E-state index contributed by atoms with van der Waals surface area (Å²) in [6, 6.07) is 1.70. The van der Waals surface area contributed by atoms with Gasteiger partial charge in [-0.15, -0.1) is 0 Å². The Morgan fingerprint density at radius 1 is 1.50 bits per heavy atom. The van der Waals surface area contributed by atoms with Crippen molar-refractivity contribution in [1.82, 2.24) is 9.78 Å². The van der Waals surface area contributed by atoms with Crippen LogP contribution in [0.15, 0.2) is 17.1 Å². The molecule has 1 aromatic heterocycles. The van der Waals surface area contributed by atoms with E-state index in [1.807, 2.05) is 0 Å². The van der Waals surface area contributed by atoms with E-state index in [0.29, 0.717) is 0 Å². The fourth-order valence-electron chi connectivity index (χ4n) is 0.624. The molecule has 0 spiro atoms. The third kappa shape index (κ3) is 4.58. The molecule has 1 N–H and O–H groups in total. The molecule has 0 saturated heterocycles. The van der Waals surface area contributed by atoms with Crippen LogP contribution in [0.1, 0.15) is 5.56 Å². The first-order valence-electron chi connectivity index (χ1n) is 3.95. The Morgan fingerprint density at radius 2 is 1.94 bits per heavy atom. The van der Waals surface area contributed by atoms with Crippen LogP contribution in [0, 0.1) is 6.92 Å². The molecule has 1 heterocycles. The summed E-state index contributed by atoms with van der Waals surface area (Å²) >= 11 is 0. The number of carbonyl (C=O) groups is 1. The first-order chi connectivity index (χ1) is 7.16. The highest BCUT2D eigenvalue weighted by atomic mass is 19.4. The van der Waals surface area contributed by atoms with Crippen molar-refractivity contribution in [3.05, 3.63) is 28.2 Å². The molecule has 0 aromatic carbocycles. The van der Waals surface area contributed by atoms with Crippen LogP contribution >= 0.6 is 0 Å². The molecular formula is C8H9F3N2O3. The van der Waals surface area contributed by atoms with E-state index in [1.54, 1.807) is 26.2 Å². The number of hydrogen-bond donors (Lipinski definition) is 1. The van der Waals surface area contributed by atoms with Crippen LogP contribution in [0.5, 0.6) is 0 Å². The Labute approximate surface area is 88.1 Å². The van der Waals surface area contributed by atoms with E-state index in [0.717, 1.165) is 5.56 Å². The normalized spacial score (nSPS) is 10.3. The van der Waals surface area contributed by atoms with Crippen LogP contribution in [-0.4, -0.2) is 27.0 Å². The molecule has 0 saturated carbocycles. The van der Waals surface area contributed by atoms with E-state index in [9.17, 15) is 18.0 Å². The summed E-state index contributed by atoms with van der Waals surface area (Å²) in [6.45, 7) is 1.77. The lowest BCUT2D eigenvalue weighted by Gasteiger charge is -1.93. The summed E-state index contributed by atoms with van der Waals surface area (Å²) < 4.78 is 33.1. The van der Waals surface area contributed by atoms with Gasteiger partial charge in [-0.2, -0.15) is 18.3 Å². The zero-order valence-electron chi connectivity index (χ0n) is 8.45. The van der Waals surface area contributed by atoms with Gasteiger partial charge in [0.15, 0.2) is 0 Å². The van der Waals surface area contributed by atoms with Gasteiger partial charge in [-0.25, -0.2) is 9.48 Å². The van der Waals surface area contributed by atoms with Crippen molar-refractivity contribution in [3.63, 3.8) is 0 Å². The third-order valence-corrected chi connectivity index (χ3v) is 1.44. The molecule has 0 fully saturated rings. The number of halogens is 3. The number of alkyl halides is 3. The number of hydrogen-bond acceptors (Lipinski definition) is 3. The molecule has 0 atom stereocenters. The highest BCUT2D eigenvalue weighted by Crippen LogP contribution is 2.13. The van der Waals surface area contributed by atoms with Gasteiger partial charge in [0.25, 0.3) is 5.56 Å². The van der Waals surface area contributed by atoms with Crippen molar-refractivity contribution in [2.24, 2.45) is 7.05 Å². The predicted octanol–water partition coefficient (Wildman–Crippen LogP) is 0.722. The second-order valence-corrected chi connectivity index (χ2v) is 2.75. The minimum absolute atomic E-state index is 0.0301. The maximum Gasteiger partial charge on any atom is 0.490 e. The lowest BCUT2D eigenvalue weighted by atomic mass is 10.3. The molecule has 0 unspecified atom stereocenters. The summed E-state index contributed by atoms with van der Waals surface area (Å²) in [6.07, 6.45) is -3.48. The molecule has 0 aliphatic heterocycles. The van der Waals surface area contributed by atoms with E-state index >= 15 is 0 Å². The van der Waals surface area contributed by atoms with Gasteiger partial charge in [0, 0.05) is 18.8 Å². The molecule has 1 rings (SSSR count). The van der Waals surface area contributed by atoms with Gasteiger partial charge in [-0.05, 0) is 13.0 Å². The van der Waals surface area contributed by atoms with Crippen LogP contribution in [-0.2, 0) is 11.8 Å². The molecule has 1 aromatic rings. The first-order valence-corrected chi connectivity index (χ1v) is 3.95. The quantitative estimate of drug-likeness (QED) is 0.722. The van der Waals surface area contributed by atoms with E-state index in [4.69, 9.17) is 9.90 Å². The molecule has 16 heavy (non-hydrogen) atoms. The molecule has 0 amide bonds. The first kappa shape index (κ1) is 14.1. The van der Waals surface area contributed by atoms with Gasteiger partial charge in [0.1, 0.15) is 0 Å². The monoisotopic (exact) mass is 238 g/mol. The summed E-state index contributed by atoms with van der Waals surface area (Å²) in [5.41, 5.74) is 0.699. The zero-order chi connectivity index (χ0) is 12.9. The second-order valence-electron chi connectivity index (χ2n) is 2.75. The largest absolute Gasteiger partial charge is 0.490 e. The van der Waals surface area contributed by atoms with E-state index in [1.165, 1.54) is 4.68 Å². The Kier molecular flexibility index (Phi) is 4.67. The number of rotatable bonds is 0. The predicted molar refractivity (Wildman–Crippen MR) is 47.9 cm³/mol. The van der Waals surface area contributed by atoms with Gasteiger partial charge in [-0.1, -0.05) is 0 Å². The SMILES string of the molecule is Cc1ccnn(C)c1=O.O=C(O)C(F)(F)F. The average molecular weight is 238 g/mol. The van der Waals surface area contributed by atoms with Crippen molar-refractivity contribution >= 4 is 5.97 Å². The summed E-state index contributed by atoms with van der Waals surface area (Å²) in [5.74, 6) is -2.76. The molecule has 0 aliphatic carbocycles. The Hall–Kier alpha value is -1.86. The fourth-order valence-corrected chi connectivity index (χ4v) is 0.624. The molecule has 8 heteroatoms. The number of aryl methyl sites for hydroxylation is 2. The van der Waals surface area contributed by atoms with Gasteiger partial charge in [-0.3, -0.25) is 4.79 Å². The minimum atomic E-state index is -5.08. The van der Waals surface area contributed by atoms with Gasteiger partial charge < -0.3 is 5.11 Å². The summed E-state index contributed by atoms with van der Waals surface area (Å²) in [5, 5.41) is 10.9. The fraction of sp³-hybridized carbons (Fsp3) is 0.375. The molecule has 90 valence electrons. The number of aliphatic carboxylic acids is 1. The maximum atomic E-state index is 10.9. The number of carboxylic acids is 1. The third-order valence-electron chi connectivity index (χ3n) is 1.44. The average Bonchev–Trinajstić information content (AvgIpc) is 2.13. The van der Waals surface area contributed by atoms with E-state index < -0.39 is 12.1 Å². The lowest BCUT2D eigenvalue weighted by Crippen LogP contribution is -2.21. The van der Waals surface area contributed by atoms with E-state index in [2.05, 4.69) is 5.10 Å². The van der Waals surface area contributed by atoms with Crippen molar-refractivity contribution in [2.45, 2.75) is 13.1 Å². The van der Waals surface area contributed by atoms with Crippen LogP contribution in [0.3, 0.4) is 0 Å². The standard InChI is InChI=1S/C6H8N2O.C2HF3O2/c1-5-3-4-7-8(2)6(5)9;3-2(4,5)1(6)7/h3-4H,1-2H3;(H,6,7). The van der Waals surface area contributed by atoms with Crippen molar-refractivity contribution < 1.29 is 23.1 Å². The number of aromatic nitrogens is 2. The van der Waals surface area contributed by atoms with Gasteiger partial charge in [0.2, 0.25) is 0 Å². The molecular weight excluding hydrogens is 229 g/mol. The van der Waals surface area contributed by atoms with Crippen molar-refractivity contribution in [3.8, 4) is 0 Å². The van der Waals surface area contributed by atoms with Gasteiger partial charge in [0.05, 0.1) is 0 Å². The highest BCUT2D eigenvalue weighted by Gasteiger charge is 2.38. The number of carboxylic acid groups (broad SMARTS) is 1. The Morgan fingerprint density at radius 3 is 2.19 bits per heavy atom. The van der Waals surface area contributed by atoms with E-state index in [-0.39, 0.29) is 5.56 Å². The molecule has 0 radical (unpaired) electrons. The van der Waals surface area contributed by atoms with Crippen LogP contribution in [0.2, 0.25) is 0 Å². The highest BCUT2D eigenvalue weighted by molar-refractivity contribution is 5.73. The minimum Gasteiger partial charge on any atom is -0.475 e. The molecule has 5 nitrogen and oxygen atoms in total. The summed E-state index contributed by atoms with van der Waals surface area (Å²) in [4.78, 5) is 19.8. The smallest absolute Gasteiger partial charge is 0.475 e. The van der Waals surface area contributed by atoms with Crippen LogP contribution < -0.4 is 5.56 Å². The topological polar surface area (TPSA) is 72.2 Å². The Bertz CT molecular complexity index is 402. The molecule has 0 bridgehead atoms. The second kappa shape index (κ2) is 5.29. The summed E-state index contributed by atoms with van der Waals surface area (Å²) in [7, 11) is 1.63. The van der Waals surface area contributed by atoms with Crippen LogP contribution in [0.25, 0.3) is 0 Å². The maximum absolute atomic E-state index is 10.9. The lowest BCUT2D eigenvalue weighted by molar-refractivity contribution is -0.192. The Balaban J connectivity index is 0.000000293. The van der Waals surface area contributed by atoms with Crippen LogP contribution in [0.4, 0.5) is 13.2 Å². The van der Waals surface area contributed by atoms with Gasteiger partial charge >= 0.3 is 12.1 Å². The molecule has 0 aliphatic rings. The number of nitrogens with zero attached hydrogens (tertiary/aromatic N) is 2. The van der Waals surface area contributed by atoms with Crippen molar-refractivity contribution in [2.75, 3.05) is 0 Å². The van der Waals surface area contributed by atoms with Crippen molar-refractivity contribution in [1.29, 1.82) is 0 Å².